The Hall–Kier alpha value is -2.34. The highest BCUT2D eigenvalue weighted by molar-refractivity contribution is 6.30. The molecule has 1 aromatic heterocycles. The summed E-state index contributed by atoms with van der Waals surface area (Å²) in [6.07, 6.45) is 1.17. The van der Waals surface area contributed by atoms with E-state index in [2.05, 4.69) is 9.88 Å². The van der Waals surface area contributed by atoms with Gasteiger partial charge in [0.1, 0.15) is 5.82 Å². The number of nitrogens with zero attached hydrogens (tertiary/aromatic N) is 3. The predicted molar refractivity (Wildman–Crippen MR) is 99.9 cm³/mol. The Balaban J connectivity index is 1.78. The second kappa shape index (κ2) is 7.91. The third-order valence-corrected chi connectivity index (χ3v) is 4.91. The maximum Gasteiger partial charge on any atom is 0.254 e. The molecule has 0 atom stereocenters. The minimum Gasteiger partial charge on any atom is -0.349 e. The lowest BCUT2D eigenvalue weighted by atomic mass is 10.1. The van der Waals surface area contributed by atoms with Gasteiger partial charge in [0.25, 0.3) is 5.91 Å². The first-order valence-electron chi connectivity index (χ1n) is 8.92. The van der Waals surface area contributed by atoms with E-state index < -0.39 is 0 Å². The highest BCUT2D eigenvalue weighted by Gasteiger charge is 2.27. The smallest absolute Gasteiger partial charge is 0.254 e. The van der Waals surface area contributed by atoms with E-state index >= 15 is 0 Å². The lowest BCUT2D eigenvalue weighted by molar-refractivity contribution is -0.120. The lowest BCUT2D eigenvalue weighted by Crippen LogP contribution is -2.36. The summed E-state index contributed by atoms with van der Waals surface area (Å²) < 4.78 is 2.10. The summed E-state index contributed by atoms with van der Waals surface area (Å²) in [5, 5.41) is 3.50. The van der Waals surface area contributed by atoms with Crippen molar-refractivity contribution in [2.45, 2.75) is 46.3 Å². The molecule has 1 aliphatic heterocycles. The van der Waals surface area contributed by atoms with Crippen molar-refractivity contribution in [1.29, 1.82) is 0 Å². The molecule has 2 amide bonds. The molecule has 1 aromatic carbocycles. The van der Waals surface area contributed by atoms with Crippen molar-refractivity contribution in [3.63, 3.8) is 0 Å². The largest absolute Gasteiger partial charge is 0.349 e. The van der Waals surface area contributed by atoms with Gasteiger partial charge in [0.15, 0.2) is 0 Å². The van der Waals surface area contributed by atoms with Crippen molar-refractivity contribution in [2.24, 2.45) is 0 Å². The fourth-order valence-electron chi connectivity index (χ4n) is 3.23. The van der Waals surface area contributed by atoms with Crippen LogP contribution in [0.25, 0.3) is 0 Å². The van der Waals surface area contributed by atoms with Crippen LogP contribution in [0.15, 0.2) is 24.3 Å². The SMILES string of the molecule is CCC(=O)NCc1nc2c(n1CC)CN(C(=O)c1ccc(Cl)cc1)CC2. The summed E-state index contributed by atoms with van der Waals surface area (Å²) in [6, 6.07) is 6.97. The van der Waals surface area contributed by atoms with Gasteiger partial charge in [0, 0.05) is 36.5 Å². The second-order valence-electron chi connectivity index (χ2n) is 6.28. The van der Waals surface area contributed by atoms with Gasteiger partial charge in [0.2, 0.25) is 5.91 Å². The number of rotatable bonds is 5. The molecule has 1 aliphatic rings. The maximum absolute atomic E-state index is 12.8. The van der Waals surface area contributed by atoms with Crippen LogP contribution >= 0.6 is 11.6 Å². The Morgan fingerprint density at radius 1 is 1.23 bits per heavy atom. The number of imidazole rings is 1. The van der Waals surface area contributed by atoms with Gasteiger partial charge in [-0.15, -0.1) is 0 Å². The first kappa shape index (κ1) is 18.5. The van der Waals surface area contributed by atoms with Gasteiger partial charge in [-0.05, 0) is 31.2 Å². The molecule has 2 heterocycles. The average Bonchev–Trinajstić information content (AvgIpc) is 3.02. The molecule has 0 aliphatic carbocycles. The van der Waals surface area contributed by atoms with Gasteiger partial charge in [-0.1, -0.05) is 18.5 Å². The Morgan fingerprint density at radius 2 is 1.96 bits per heavy atom. The van der Waals surface area contributed by atoms with Crippen LogP contribution in [0.3, 0.4) is 0 Å². The van der Waals surface area contributed by atoms with Crippen LogP contribution in [-0.4, -0.2) is 32.8 Å². The number of nitrogens with one attached hydrogen (secondary N) is 1. The Labute approximate surface area is 158 Å². The summed E-state index contributed by atoms with van der Waals surface area (Å²) in [4.78, 5) is 30.9. The van der Waals surface area contributed by atoms with E-state index in [0.29, 0.717) is 36.6 Å². The summed E-state index contributed by atoms with van der Waals surface area (Å²) in [6.45, 7) is 6.20. The normalized spacial score (nSPS) is 13.4. The molecule has 2 aromatic rings. The number of amides is 2. The van der Waals surface area contributed by atoms with Crippen LogP contribution in [0.4, 0.5) is 0 Å². The van der Waals surface area contributed by atoms with Crippen LogP contribution in [0.2, 0.25) is 5.02 Å². The highest BCUT2D eigenvalue weighted by atomic mass is 35.5. The standard InChI is InChI=1S/C19H23ClN4O2/c1-3-18(25)21-11-17-22-15-9-10-23(12-16(15)24(17)4-2)19(26)13-5-7-14(20)8-6-13/h5-8H,3-4,9-12H2,1-2H3,(H,21,25). The number of halogens is 1. The number of benzene rings is 1. The van der Waals surface area contributed by atoms with Gasteiger partial charge >= 0.3 is 0 Å². The summed E-state index contributed by atoms with van der Waals surface area (Å²) >= 11 is 5.91. The van der Waals surface area contributed by atoms with Gasteiger partial charge in [-0.3, -0.25) is 9.59 Å². The van der Waals surface area contributed by atoms with Crippen LogP contribution < -0.4 is 5.32 Å². The van der Waals surface area contributed by atoms with Crippen molar-refractivity contribution in [3.05, 3.63) is 52.1 Å². The van der Waals surface area contributed by atoms with Crippen molar-refractivity contribution >= 4 is 23.4 Å². The molecule has 0 bridgehead atoms. The van der Waals surface area contributed by atoms with Gasteiger partial charge < -0.3 is 14.8 Å². The Morgan fingerprint density at radius 3 is 2.62 bits per heavy atom. The zero-order valence-electron chi connectivity index (χ0n) is 15.1. The van der Waals surface area contributed by atoms with E-state index in [1.165, 1.54) is 0 Å². The molecule has 3 rings (SSSR count). The van der Waals surface area contributed by atoms with E-state index in [0.717, 1.165) is 30.2 Å². The monoisotopic (exact) mass is 374 g/mol. The second-order valence-corrected chi connectivity index (χ2v) is 6.72. The molecule has 0 unspecified atom stereocenters. The minimum atomic E-state index is -0.00277. The van der Waals surface area contributed by atoms with Gasteiger partial charge in [0.05, 0.1) is 24.5 Å². The molecule has 6 nitrogen and oxygen atoms in total. The number of carbonyl (C=O) groups excluding carboxylic acids is 2. The van der Waals surface area contributed by atoms with Gasteiger partial charge in [-0.25, -0.2) is 4.98 Å². The van der Waals surface area contributed by atoms with E-state index in [1.54, 1.807) is 24.3 Å². The van der Waals surface area contributed by atoms with Crippen molar-refractivity contribution in [1.82, 2.24) is 19.8 Å². The molecule has 0 spiro atoms. The number of carbonyl (C=O) groups is 2. The zero-order valence-corrected chi connectivity index (χ0v) is 15.8. The maximum atomic E-state index is 12.8. The third-order valence-electron chi connectivity index (χ3n) is 4.65. The molecule has 7 heteroatoms. The molecule has 0 saturated carbocycles. The highest BCUT2D eigenvalue weighted by Crippen LogP contribution is 2.22. The number of hydrogen-bond acceptors (Lipinski definition) is 3. The number of fused-ring (bicyclic) bond motifs is 1. The molecule has 26 heavy (non-hydrogen) atoms. The van der Waals surface area contributed by atoms with Crippen LogP contribution in [-0.2, 0) is 30.8 Å². The molecular weight excluding hydrogens is 352 g/mol. The quantitative estimate of drug-likeness (QED) is 0.875. The topological polar surface area (TPSA) is 67.2 Å². The van der Waals surface area contributed by atoms with E-state index in [4.69, 9.17) is 16.6 Å². The summed E-state index contributed by atoms with van der Waals surface area (Å²) in [7, 11) is 0. The fourth-order valence-corrected chi connectivity index (χ4v) is 3.36. The molecule has 138 valence electrons. The molecular formula is C19H23ClN4O2. The van der Waals surface area contributed by atoms with Gasteiger partial charge in [-0.2, -0.15) is 0 Å². The Bertz CT molecular complexity index is 814. The lowest BCUT2D eigenvalue weighted by Gasteiger charge is -2.27. The van der Waals surface area contributed by atoms with Crippen LogP contribution in [0, 0.1) is 0 Å². The van der Waals surface area contributed by atoms with E-state index in [-0.39, 0.29) is 11.8 Å². The first-order valence-corrected chi connectivity index (χ1v) is 9.30. The van der Waals surface area contributed by atoms with E-state index in [1.807, 2.05) is 18.7 Å². The zero-order chi connectivity index (χ0) is 18.7. The minimum absolute atomic E-state index is 0.00277. The molecule has 0 radical (unpaired) electrons. The van der Waals surface area contributed by atoms with Crippen LogP contribution in [0.5, 0.6) is 0 Å². The average molecular weight is 375 g/mol. The summed E-state index contributed by atoms with van der Waals surface area (Å²) in [5.74, 6) is 0.852. The number of aromatic nitrogens is 2. The first-order chi connectivity index (χ1) is 12.5. The number of hydrogen-bond donors (Lipinski definition) is 1. The predicted octanol–water partition coefficient (Wildman–Crippen LogP) is 2.78. The molecule has 0 fully saturated rings. The summed E-state index contributed by atoms with van der Waals surface area (Å²) in [5.41, 5.74) is 2.71. The van der Waals surface area contributed by atoms with Crippen molar-refractivity contribution < 1.29 is 9.59 Å². The fraction of sp³-hybridized carbons (Fsp3) is 0.421. The third kappa shape index (κ3) is 3.75. The van der Waals surface area contributed by atoms with Crippen LogP contribution in [0.1, 0.15) is 47.8 Å². The Kier molecular flexibility index (Phi) is 5.61. The molecule has 1 N–H and O–H groups in total. The van der Waals surface area contributed by atoms with E-state index in [9.17, 15) is 9.59 Å². The van der Waals surface area contributed by atoms with Crippen molar-refractivity contribution in [3.8, 4) is 0 Å². The van der Waals surface area contributed by atoms with Crippen molar-refractivity contribution in [2.75, 3.05) is 6.54 Å². The molecule has 0 saturated heterocycles.